The van der Waals surface area contributed by atoms with Crippen molar-refractivity contribution in [3.63, 3.8) is 0 Å². The molecule has 6 nitrogen and oxygen atoms in total. The summed E-state index contributed by atoms with van der Waals surface area (Å²) < 4.78 is 0. The lowest BCUT2D eigenvalue weighted by atomic mass is 9.97. The summed E-state index contributed by atoms with van der Waals surface area (Å²) in [5.74, 6) is 0.681. The van der Waals surface area contributed by atoms with Gasteiger partial charge in [0.05, 0.1) is 17.2 Å². The third-order valence-corrected chi connectivity index (χ3v) is 3.36. The number of nitrogens with one attached hydrogen (secondary N) is 1. The molecule has 1 atom stereocenters. The van der Waals surface area contributed by atoms with Crippen LogP contribution in [-0.4, -0.2) is 31.0 Å². The smallest absolute Gasteiger partial charge is 0.224 e. The summed E-state index contributed by atoms with van der Waals surface area (Å²) in [6, 6.07) is 3.63. The van der Waals surface area contributed by atoms with Crippen LogP contribution >= 0.6 is 0 Å². The minimum Gasteiger partial charge on any atom is -0.396 e. The zero-order valence-electron chi connectivity index (χ0n) is 10.9. The summed E-state index contributed by atoms with van der Waals surface area (Å²) in [5.41, 5.74) is 6.85. The third-order valence-electron chi connectivity index (χ3n) is 3.36. The van der Waals surface area contributed by atoms with Gasteiger partial charge in [0, 0.05) is 26.3 Å². The zero-order valence-corrected chi connectivity index (χ0v) is 10.9. The molecule has 1 amide bonds. The largest absolute Gasteiger partial charge is 0.396 e. The lowest BCUT2D eigenvalue weighted by Gasteiger charge is -2.33. The Morgan fingerprint density at radius 2 is 2.47 bits per heavy atom. The number of hydrogen-bond donors (Lipinski definition) is 2. The Morgan fingerprint density at radius 3 is 3.11 bits per heavy atom. The van der Waals surface area contributed by atoms with Crippen molar-refractivity contribution < 1.29 is 4.79 Å². The predicted octanol–water partition coefficient (Wildman–Crippen LogP) is 0.498. The number of nitrogens with zero attached hydrogens (tertiary/aromatic N) is 3. The molecule has 0 aliphatic carbocycles. The molecule has 0 spiro atoms. The number of carbonyl (C=O) groups excluding carboxylic acids is 1. The van der Waals surface area contributed by atoms with E-state index >= 15 is 0 Å². The molecule has 19 heavy (non-hydrogen) atoms. The van der Waals surface area contributed by atoms with Crippen LogP contribution in [0.5, 0.6) is 0 Å². The average molecular weight is 259 g/mol. The van der Waals surface area contributed by atoms with E-state index in [-0.39, 0.29) is 11.8 Å². The Kier molecular flexibility index (Phi) is 3.85. The molecule has 2 rings (SSSR count). The van der Waals surface area contributed by atoms with E-state index in [4.69, 9.17) is 11.0 Å². The molecular formula is C13H17N5O. The van der Waals surface area contributed by atoms with Crippen LogP contribution in [0.4, 0.5) is 11.5 Å². The zero-order chi connectivity index (χ0) is 13.8. The monoisotopic (exact) mass is 259 g/mol. The van der Waals surface area contributed by atoms with Crippen molar-refractivity contribution in [2.75, 3.05) is 30.8 Å². The van der Waals surface area contributed by atoms with Crippen molar-refractivity contribution >= 4 is 17.4 Å². The number of hydrogen-bond acceptors (Lipinski definition) is 5. The number of nitrogen functional groups attached to an aromatic ring is 1. The van der Waals surface area contributed by atoms with E-state index < -0.39 is 0 Å². The number of nitriles is 1. The summed E-state index contributed by atoms with van der Waals surface area (Å²) >= 11 is 0. The predicted molar refractivity (Wildman–Crippen MR) is 72.4 cm³/mol. The quantitative estimate of drug-likeness (QED) is 0.806. The first-order valence-corrected chi connectivity index (χ1v) is 6.28. The Hall–Kier alpha value is -2.29. The van der Waals surface area contributed by atoms with Crippen LogP contribution in [-0.2, 0) is 4.79 Å². The summed E-state index contributed by atoms with van der Waals surface area (Å²) in [4.78, 5) is 17.9. The molecule has 6 heteroatoms. The van der Waals surface area contributed by atoms with Gasteiger partial charge < -0.3 is 16.0 Å². The molecular weight excluding hydrogens is 242 g/mol. The summed E-state index contributed by atoms with van der Waals surface area (Å²) in [5, 5.41) is 11.5. The normalized spacial score (nSPS) is 18.7. The molecule has 0 radical (unpaired) electrons. The molecule has 1 aromatic heterocycles. The van der Waals surface area contributed by atoms with Gasteiger partial charge in [0.15, 0.2) is 5.82 Å². The van der Waals surface area contributed by atoms with Crippen LogP contribution in [0.15, 0.2) is 12.3 Å². The summed E-state index contributed by atoms with van der Waals surface area (Å²) in [7, 11) is 1.65. The van der Waals surface area contributed by atoms with Gasteiger partial charge in [0.1, 0.15) is 6.07 Å². The number of piperidine rings is 1. The number of nitrogens with two attached hydrogens (primary N) is 1. The molecule has 1 saturated heterocycles. The minimum absolute atomic E-state index is 0.0319. The van der Waals surface area contributed by atoms with Gasteiger partial charge in [-0.3, -0.25) is 4.79 Å². The van der Waals surface area contributed by atoms with E-state index in [0.717, 1.165) is 19.4 Å². The summed E-state index contributed by atoms with van der Waals surface area (Å²) in [6.07, 6.45) is 3.32. The minimum atomic E-state index is -0.0319. The Labute approximate surface area is 112 Å². The maximum absolute atomic E-state index is 11.7. The Morgan fingerprint density at radius 1 is 1.68 bits per heavy atom. The van der Waals surface area contributed by atoms with Gasteiger partial charge in [-0.15, -0.1) is 0 Å². The maximum Gasteiger partial charge on any atom is 0.224 e. The second-order valence-electron chi connectivity index (χ2n) is 4.65. The SMILES string of the molecule is CNC(=O)C1CCCN(c2ncc(C#N)cc2N)C1. The van der Waals surface area contributed by atoms with E-state index in [0.29, 0.717) is 23.6 Å². The number of pyridine rings is 1. The highest BCUT2D eigenvalue weighted by molar-refractivity contribution is 5.79. The standard InChI is InChI=1S/C13H17N5O/c1-16-13(19)10-3-2-4-18(8-10)12-11(15)5-9(6-14)7-17-12/h5,7,10H,2-4,8,15H2,1H3,(H,16,19). The number of carbonyl (C=O) groups is 1. The van der Waals surface area contributed by atoms with Crippen LogP contribution < -0.4 is 16.0 Å². The van der Waals surface area contributed by atoms with Gasteiger partial charge in [-0.05, 0) is 18.9 Å². The first-order chi connectivity index (χ1) is 9.15. The highest BCUT2D eigenvalue weighted by Gasteiger charge is 2.26. The number of aromatic nitrogens is 1. The average Bonchev–Trinajstić information content (AvgIpc) is 2.46. The highest BCUT2D eigenvalue weighted by Crippen LogP contribution is 2.26. The topological polar surface area (TPSA) is 95.0 Å². The van der Waals surface area contributed by atoms with Crippen molar-refractivity contribution in [1.29, 1.82) is 5.26 Å². The molecule has 100 valence electrons. The molecule has 0 aromatic carbocycles. The fourth-order valence-electron chi connectivity index (χ4n) is 2.39. The molecule has 0 bridgehead atoms. The molecule has 1 aliphatic rings. The van der Waals surface area contributed by atoms with E-state index in [1.165, 1.54) is 6.20 Å². The van der Waals surface area contributed by atoms with Crippen molar-refractivity contribution in [2.24, 2.45) is 5.92 Å². The van der Waals surface area contributed by atoms with Crippen LogP contribution in [0.25, 0.3) is 0 Å². The maximum atomic E-state index is 11.7. The fraction of sp³-hybridized carbons (Fsp3) is 0.462. The van der Waals surface area contributed by atoms with Crippen LogP contribution in [0, 0.1) is 17.2 Å². The number of amides is 1. The van der Waals surface area contributed by atoms with Gasteiger partial charge in [0.25, 0.3) is 0 Å². The van der Waals surface area contributed by atoms with Crippen LogP contribution in [0.2, 0.25) is 0 Å². The lowest BCUT2D eigenvalue weighted by Crippen LogP contribution is -2.42. The first-order valence-electron chi connectivity index (χ1n) is 6.28. The van der Waals surface area contributed by atoms with Gasteiger partial charge >= 0.3 is 0 Å². The second kappa shape index (κ2) is 5.57. The van der Waals surface area contributed by atoms with Gasteiger partial charge in [-0.1, -0.05) is 0 Å². The number of anilines is 2. The van der Waals surface area contributed by atoms with Crippen molar-refractivity contribution in [1.82, 2.24) is 10.3 Å². The lowest BCUT2D eigenvalue weighted by molar-refractivity contribution is -0.124. The highest BCUT2D eigenvalue weighted by atomic mass is 16.1. The van der Waals surface area contributed by atoms with Gasteiger partial charge in [-0.2, -0.15) is 5.26 Å². The molecule has 3 N–H and O–H groups in total. The molecule has 2 heterocycles. The van der Waals surface area contributed by atoms with Crippen LogP contribution in [0.1, 0.15) is 18.4 Å². The van der Waals surface area contributed by atoms with Crippen molar-refractivity contribution in [2.45, 2.75) is 12.8 Å². The Bertz CT molecular complexity index is 522. The first kappa shape index (κ1) is 13.1. The van der Waals surface area contributed by atoms with Gasteiger partial charge in [0.2, 0.25) is 5.91 Å². The van der Waals surface area contributed by atoms with E-state index in [2.05, 4.69) is 10.3 Å². The molecule has 1 aliphatic heterocycles. The number of rotatable bonds is 2. The van der Waals surface area contributed by atoms with Crippen LogP contribution in [0.3, 0.4) is 0 Å². The fourth-order valence-corrected chi connectivity index (χ4v) is 2.39. The molecule has 1 unspecified atom stereocenters. The molecule has 1 aromatic rings. The van der Waals surface area contributed by atoms with E-state index in [1.807, 2.05) is 11.0 Å². The van der Waals surface area contributed by atoms with Crippen molar-refractivity contribution in [3.8, 4) is 6.07 Å². The van der Waals surface area contributed by atoms with E-state index in [1.54, 1.807) is 13.1 Å². The molecule has 0 saturated carbocycles. The van der Waals surface area contributed by atoms with Gasteiger partial charge in [-0.25, -0.2) is 4.98 Å². The summed E-state index contributed by atoms with van der Waals surface area (Å²) in [6.45, 7) is 1.44. The van der Waals surface area contributed by atoms with Crippen molar-refractivity contribution in [3.05, 3.63) is 17.8 Å². The Balaban J connectivity index is 2.18. The second-order valence-corrected chi connectivity index (χ2v) is 4.65. The third kappa shape index (κ3) is 2.76. The van der Waals surface area contributed by atoms with E-state index in [9.17, 15) is 4.79 Å². The molecule has 1 fully saturated rings.